The molecular weight excluding hydrogens is 304 g/mol. The van der Waals surface area contributed by atoms with E-state index in [2.05, 4.69) is 78.9 Å². The molecule has 1 heteroatoms. The molecule has 0 aromatic heterocycles. The van der Waals surface area contributed by atoms with Crippen molar-refractivity contribution < 1.29 is 5.11 Å². The van der Waals surface area contributed by atoms with E-state index in [1.54, 1.807) is 0 Å². The molecule has 0 radical (unpaired) electrons. The fourth-order valence-corrected chi connectivity index (χ4v) is 4.00. The smallest absolute Gasteiger partial charge is 0.0733 e. The molecule has 1 aliphatic carbocycles. The Morgan fingerprint density at radius 1 is 0.640 bits per heavy atom. The molecule has 3 aromatic carbocycles. The molecule has 0 spiro atoms. The summed E-state index contributed by atoms with van der Waals surface area (Å²) in [5.74, 6) is 0.508. The van der Waals surface area contributed by atoms with Crippen LogP contribution in [0.1, 0.15) is 34.9 Å². The average molecular weight is 326 g/mol. The predicted molar refractivity (Wildman–Crippen MR) is 103 cm³/mol. The lowest BCUT2D eigenvalue weighted by Gasteiger charge is -2.36. The van der Waals surface area contributed by atoms with Gasteiger partial charge in [-0.15, -0.1) is 0 Å². The number of allylic oxidation sites excluding steroid dienone is 1. The van der Waals surface area contributed by atoms with Crippen molar-refractivity contribution in [2.24, 2.45) is 0 Å². The summed E-state index contributed by atoms with van der Waals surface area (Å²) < 4.78 is 0. The molecule has 1 N–H and O–H groups in total. The van der Waals surface area contributed by atoms with Crippen molar-refractivity contribution in [1.82, 2.24) is 0 Å². The van der Waals surface area contributed by atoms with Crippen LogP contribution in [0.4, 0.5) is 0 Å². The number of aliphatic hydroxyl groups is 1. The highest BCUT2D eigenvalue weighted by Crippen LogP contribution is 2.48. The molecular formula is C24H22O. The van der Waals surface area contributed by atoms with Crippen LogP contribution < -0.4 is 0 Å². The normalized spacial score (nSPS) is 23.1. The van der Waals surface area contributed by atoms with E-state index in [0.29, 0.717) is 0 Å². The average Bonchev–Trinajstić information content (AvgIpc) is 2.69. The molecule has 1 aliphatic rings. The number of hydrogen-bond acceptors (Lipinski definition) is 1. The molecule has 3 atom stereocenters. The highest BCUT2D eigenvalue weighted by Gasteiger charge is 2.34. The predicted octanol–water partition coefficient (Wildman–Crippen LogP) is 5.40. The van der Waals surface area contributed by atoms with Gasteiger partial charge in [0.1, 0.15) is 0 Å². The van der Waals surface area contributed by atoms with Crippen LogP contribution in [0.5, 0.6) is 0 Å². The molecule has 4 rings (SSSR count). The zero-order valence-electron chi connectivity index (χ0n) is 14.1. The van der Waals surface area contributed by atoms with Gasteiger partial charge in [-0.3, -0.25) is 0 Å². The molecule has 3 aromatic rings. The number of rotatable bonds is 3. The van der Waals surface area contributed by atoms with Crippen LogP contribution in [-0.2, 0) is 0 Å². The fourth-order valence-electron chi connectivity index (χ4n) is 4.00. The third-order valence-corrected chi connectivity index (χ3v) is 5.10. The van der Waals surface area contributed by atoms with Crippen molar-refractivity contribution in [3.63, 3.8) is 0 Å². The summed E-state index contributed by atoms with van der Waals surface area (Å²) in [6.45, 7) is 0. The van der Waals surface area contributed by atoms with Crippen LogP contribution in [-0.4, -0.2) is 11.2 Å². The Morgan fingerprint density at radius 3 is 1.76 bits per heavy atom. The van der Waals surface area contributed by atoms with Crippen LogP contribution in [0.2, 0.25) is 0 Å². The van der Waals surface area contributed by atoms with Gasteiger partial charge in [0.2, 0.25) is 0 Å². The zero-order chi connectivity index (χ0) is 17.1. The first kappa shape index (κ1) is 15.9. The molecule has 0 fully saturated rings. The number of aliphatic hydroxyl groups excluding tert-OH is 1. The van der Waals surface area contributed by atoms with E-state index in [4.69, 9.17) is 0 Å². The maximum atomic E-state index is 10.6. The molecule has 0 saturated carbocycles. The molecule has 0 saturated heterocycles. The first-order valence-electron chi connectivity index (χ1n) is 8.88. The van der Waals surface area contributed by atoms with Crippen molar-refractivity contribution in [3.05, 3.63) is 114 Å². The standard InChI is InChI=1S/C24H22O/c25-21-16-22(18-10-4-1-5-11-18)24(20-14-8-3-9-15-20)23(17-21)19-12-6-2-7-13-19/h1-16,21,23-25H,17H2/t21-,23-,24-/m0/s1. The molecule has 0 unspecified atom stereocenters. The minimum absolute atomic E-state index is 0.245. The van der Waals surface area contributed by atoms with E-state index < -0.39 is 6.10 Å². The van der Waals surface area contributed by atoms with Crippen molar-refractivity contribution >= 4 is 5.57 Å². The summed E-state index contributed by atoms with van der Waals surface area (Å²) in [5, 5.41) is 10.6. The molecule has 124 valence electrons. The highest BCUT2D eigenvalue weighted by molar-refractivity contribution is 5.74. The van der Waals surface area contributed by atoms with Crippen LogP contribution in [0.3, 0.4) is 0 Å². The Labute approximate surface area is 149 Å². The topological polar surface area (TPSA) is 20.2 Å². The van der Waals surface area contributed by atoms with Gasteiger partial charge in [0.05, 0.1) is 6.10 Å². The monoisotopic (exact) mass is 326 g/mol. The summed E-state index contributed by atoms with van der Waals surface area (Å²) in [6, 6.07) is 31.7. The largest absolute Gasteiger partial charge is 0.389 e. The molecule has 0 bridgehead atoms. The van der Waals surface area contributed by atoms with Crippen LogP contribution in [0, 0.1) is 0 Å². The van der Waals surface area contributed by atoms with E-state index in [1.807, 2.05) is 18.2 Å². The van der Waals surface area contributed by atoms with Gasteiger partial charge in [-0.25, -0.2) is 0 Å². The van der Waals surface area contributed by atoms with Crippen molar-refractivity contribution in [3.8, 4) is 0 Å². The Bertz CT molecular complexity index is 837. The van der Waals surface area contributed by atoms with Gasteiger partial charge in [0.25, 0.3) is 0 Å². The summed E-state index contributed by atoms with van der Waals surface area (Å²) in [6.07, 6.45) is 2.38. The lowest BCUT2D eigenvalue weighted by Crippen LogP contribution is -2.24. The van der Waals surface area contributed by atoms with Crippen LogP contribution >= 0.6 is 0 Å². The summed E-state index contributed by atoms with van der Waals surface area (Å²) in [4.78, 5) is 0. The van der Waals surface area contributed by atoms with Crippen molar-refractivity contribution in [1.29, 1.82) is 0 Å². The van der Waals surface area contributed by atoms with Crippen molar-refractivity contribution in [2.45, 2.75) is 24.4 Å². The van der Waals surface area contributed by atoms with E-state index >= 15 is 0 Å². The molecule has 25 heavy (non-hydrogen) atoms. The van der Waals surface area contributed by atoms with E-state index in [-0.39, 0.29) is 11.8 Å². The minimum atomic E-state index is -0.416. The summed E-state index contributed by atoms with van der Waals surface area (Å²) >= 11 is 0. The van der Waals surface area contributed by atoms with Gasteiger partial charge < -0.3 is 5.11 Å². The zero-order valence-corrected chi connectivity index (χ0v) is 14.1. The Kier molecular flexibility index (Phi) is 4.49. The van der Waals surface area contributed by atoms with Crippen LogP contribution in [0.25, 0.3) is 5.57 Å². The van der Waals surface area contributed by atoms with Gasteiger partial charge in [-0.1, -0.05) is 97.1 Å². The van der Waals surface area contributed by atoms with Gasteiger partial charge >= 0.3 is 0 Å². The molecule has 0 heterocycles. The lowest BCUT2D eigenvalue weighted by atomic mass is 9.69. The Morgan fingerprint density at radius 2 is 1.16 bits per heavy atom. The maximum absolute atomic E-state index is 10.6. The van der Waals surface area contributed by atoms with E-state index in [1.165, 1.54) is 22.3 Å². The SMILES string of the molecule is O[C@H]1C=C(c2ccccc2)[C@H](c2ccccc2)[C@H](c2ccccc2)C1. The molecule has 0 amide bonds. The van der Waals surface area contributed by atoms with E-state index in [0.717, 1.165) is 6.42 Å². The number of benzene rings is 3. The Hall–Kier alpha value is -2.64. The molecule has 0 aliphatic heterocycles. The second-order valence-corrected chi connectivity index (χ2v) is 6.70. The highest BCUT2D eigenvalue weighted by atomic mass is 16.3. The second kappa shape index (κ2) is 7.08. The second-order valence-electron chi connectivity index (χ2n) is 6.70. The first-order chi connectivity index (χ1) is 12.3. The van der Waals surface area contributed by atoms with Gasteiger partial charge in [-0.2, -0.15) is 0 Å². The third-order valence-electron chi connectivity index (χ3n) is 5.10. The Balaban J connectivity index is 1.86. The minimum Gasteiger partial charge on any atom is -0.389 e. The molecule has 1 nitrogen and oxygen atoms in total. The summed E-state index contributed by atoms with van der Waals surface area (Å²) in [7, 11) is 0. The first-order valence-corrected chi connectivity index (χ1v) is 8.88. The van der Waals surface area contributed by atoms with E-state index in [9.17, 15) is 5.11 Å². The van der Waals surface area contributed by atoms with Crippen molar-refractivity contribution in [2.75, 3.05) is 0 Å². The van der Waals surface area contributed by atoms with Gasteiger partial charge in [0.15, 0.2) is 0 Å². The quantitative estimate of drug-likeness (QED) is 0.683. The van der Waals surface area contributed by atoms with Crippen LogP contribution in [0.15, 0.2) is 97.1 Å². The third kappa shape index (κ3) is 3.29. The number of hydrogen-bond donors (Lipinski definition) is 1. The summed E-state index contributed by atoms with van der Waals surface area (Å²) in [5.41, 5.74) is 5.01. The fraction of sp³-hybridized carbons (Fsp3) is 0.167. The van der Waals surface area contributed by atoms with Gasteiger partial charge in [0, 0.05) is 5.92 Å². The maximum Gasteiger partial charge on any atom is 0.0733 e. The van der Waals surface area contributed by atoms with Gasteiger partial charge in [-0.05, 0) is 34.6 Å². The lowest BCUT2D eigenvalue weighted by molar-refractivity contribution is 0.193.